The van der Waals surface area contributed by atoms with Gasteiger partial charge in [-0.2, -0.15) is 0 Å². The molecule has 6 N–H and O–H groups in total. The second-order valence-electron chi connectivity index (χ2n) is 2.57. The van der Waals surface area contributed by atoms with Gasteiger partial charge in [0.1, 0.15) is 5.72 Å². The van der Waals surface area contributed by atoms with Gasteiger partial charge in [0.05, 0.1) is 6.10 Å². The lowest BCUT2D eigenvalue weighted by Gasteiger charge is -2.23. The predicted octanol–water partition coefficient (Wildman–Crippen LogP) is -1.25. The van der Waals surface area contributed by atoms with Gasteiger partial charge in [-0.1, -0.05) is 6.92 Å². The summed E-state index contributed by atoms with van der Waals surface area (Å²) in [6, 6.07) is 0. The van der Waals surface area contributed by atoms with Crippen LogP contribution in [0.3, 0.4) is 0 Å². The number of nitrogens with two attached hydrogens (primary N) is 2. The summed E-state index contributed by atoms with van der Waals surface area (Å²) in [5.41, 5.74) is 8.98. The van der Waals surface area contributed by atoms with E-state index in [4.69, 9.17) is 21.7 Å². The van der Waals surface area contributed by atoms with Gasteiger partial charge in [0.2, 0.25) is 0 Å². The lowest BCUT2D eigenvalue weighted by atomic mass is 10.1. The standard InChI is InChI=1S/C6H16N2O2/c1-2-5(9)3-6(8,10)4-7/h5,9-10H,2-4,7-8H2,1H3. The molecular formula is C6H16N2O2. The van der Waals surface area contributed by atoms with Crippen molar-refractivity contribution in [3.63, 3.8) is 0 Å². The predicted molar refractivity (Wildman–Crippen MR) is 39.1 cm³/mol. The molecule has 4 heteroatoms. The second-order valence-corrected chi connectivity index (χ2v) is 2.57. The van der Waals surface area contributed by atoms with Crippen molar-refractivity contribution in [3.8, 4) is 0 Å². The van der Waals surface area contributed by atoms with Crippen molar-refractivity contribution >= 4 is 0 Å². The van der Waals surface area contributed by atoms with Crippen LogP contribution in [-0.4, -0.2) is 28.6 Å². The molecule has 0 aliphatic heterocycles. The summed E-state index contributed by atoms with van der Waals surface area (Å²) in [5, 5.41) is 18.1. The summed E-state index contributed by atoms with van der Waals surface area (Å²) < 4.78 is 0. The summed E-state index contributed by atoms with van der Waals surface area (Å²) in [4.78, 5) is 0. The molecule has 2 unspecified atom stereocenters. The van der Waals surface area contributed by atoms with Crippen LogP contribution in [-0.2, 0) is 0 Å². The minimum atomic E-state index is -1.41. The van der Waals surface area contributed by atoms with Crippen LogP contribution in [0.15, 0.2) is 0 Å². The van der Waals surface area contributed by atoms with Crippen LogP contribution in [0.2, 0.25) is 0 Å². The minimum Gasteiger partial charge on any atom is -0.393 e. The summed E-state index contributed by atoms with van der Waals surface area (Å²) in [5.74, 6) is 0. The third-order valence-electron chi connectivity index (χ3n) is 1.41. The lowest BCUT2D eigenvalue weighted by molar-refractivity contribution is 0.000251. The zero-order valence-electron chi connectivity index (χ0n) is 6.25. The van der Waals surface area contributed by atoms with Gasteiger partial charge in [-0.25, -0.2) is 0 Å². The maximum Gasteiger partial charge on any atom is 0.128 e. The molecule has 0 saturated carbocycles. The van der Waals surface area contributed by atoms with Crippen molar-refractivity contribution < 1.29 is 10.2 Å². The Morgan fingerprint density at radius 1 is 1.60 bits per heavy atom. The topological polar surface area (TPSA) is 92.5 Å². The van der Waals surface area contributed by atoms with Crippen LogP contribution >= 0.6 is 0 Å². The van der Waals surface area contributed by atoms with E-state index in [1.54, 1.807) is 0 Å². The van der Waals surface area contributed by atoms with Crippen LogP contribution in [0.1, 0.15) is 19.8 Å². The molecule has 0 aliphatic carbocycles. The molecular weight excluding hydrogens is 132 g/mol. The first-order valence-corrected chi connectivity index (χ1v) is 3.41. The molecule has 4 nitrogen and oxygen atoms in total. The van der Waals surface area contributed by atoms with E-state index in [0.717, 1.165) is 0 Å². The number of hydrogen-bond donors (Lipinski definition) is 4. The van der Waals surface area contributed by atoms with Gasteiger partial charge in [0, 0.05) is 13.0 Å². The molecule has 0 bridgehead atoms. The Labute approximate surface area is 60.8 Å². The first-order chi connectivity index (χ1) is 4.52. The highest BCUT2D eigenvalue weighted by atomic mass is 16.3. The Morgan fingerprint density at radius 3 is 2.40 bits per heavy atom. The van der Waals surface area contributed by atoms with Crippen molar-refractivity contribution in [2.75, 3.05) is 6.54 Å². The van der Waals surface area contributed by atoms with E-state index in [9.17, 15) is 0 Å². The zero-order chi connectivity index (χ0) is 8.20. The molecule has 0 heterocycles. The van der Waals surface area contributed by atoms with Crippen LogP contribution in [0.4, 0.5) is 0 Å². The van der Waals surface area contributed by atoms with Gasteiger partial charge in [-0.05, 0) is 6.42 Å². The molecule has 0 aromatic heterocycles. The van der Waals surface area contributed by atoms with E-state index < -0.39 is 11.8 Å². The van der Waals surface area contributed by atoms with Gasteiger partial charge in [0.15, 0.2) is 0 Å². The number of hydrogen-bond acceptors (Lipinski definition) is 4. The lowest BCUT2D eigenvalue weighted by Crippen LogP contribution is -2.49. The van der Waals surface area contributed by atoms with Gasteiger partial charge in [-0.3, -0.25) is 0 Å². The Bertz CT molecular complexity index is 95.7. The molecule has 62 valence electrons. The fourth-order valence-corrected chi connectivity index (χ4v) is 0.636. The summed E-state index contributed by atoms with van der Waals surface area (Å²) >= 11 is 0. The molecule has 0 amide bonds. The maximum absolute atomic E-state index is 9.12. The van der Waals surface area contributed by atoms with E-state index in [2.05, 4.69) is 0 Å². The smallest absolute Gasteiger partial charge is 0.128 e. The normalized spacial score (nSPS) is 20.1. The quantitative estimate of drug-likeness (QED) is 0.375. The average Bonchev–Trinajstić information content (AvgIpc) is 1.87. The van der Waals surface area contributed by atoms with Crippen molar-refractivity contribution in [2.24, 2.45) is 11.5 Å². The van der Waals surface area contributed by atoms with Crippen LogP contribution in [0.5, 0.6) is 0 Å². The number of aliphatic hydroxyl groups excluding tert-OH is 1. The summed E-state index contributed by atoms with van der Waals surface area (Å²) in [6.07, 6.45) is 0.165. The van der Waals surface area contributed by atoms with E-state index in [0.29, 0.717) is 6.42 Å². The number of rotatable bonds is 4. The van der Waals surface area contributed by atoms with Gasteiger partial charge < -0.3 is 21.7 Å². The average molecular weight is 148 g/mol. The van der Waals surface area contributed by atoms with Crippen molar-refractivity contribution in [1.29, 1.82) is 0 Å². The molecule has 2 atom stereocenters. The van der Waals surface area contributed by atoms with Crippen LogP contribution in [0.25, 0.3) is 0 Å². The van der Waals surface area contributed by atoms with Crippen molar-refractivity contribution in [3.05, 3.63) is 0 Å². The molecule has 0 rings (SSSR count). The Kier molecular flexibility index (Phi) is 3.81. The van der Waals surface area contributed by atoms with Gasteiger partial charge >= 0.3 is 0 Å². The minimum absolute atomic E-state index is 0.0237. The molecule has 0 aromatic carbocycles. The van der Waals surface area contributed by atoms with Crippen LogP contribution in [0, 0.1) is 0 Å². The zero-order valence-corrected chi connectivity index (χ0v) is 6.25. The van der Waals surface area contributed by atoms with E-state index in [1.807, 2.05) is 6.92 Å². The molecule has 0 aliphatic rings. The Balaban J connectivity index is 3.64. The summed E-state index contributed by atoms with van der Waals surface area (Å²) in [7, 11) is 0. The highest BCUT2D eigenvalue weighted by Crippen LogP contribution is 2.06. The molecule has 0 fully saturated rings. The van der Waals surface area contributed by atoms with E-state index in [-0.39, 0.29) is 13.0 Å². The molecule has 0 aromatic rings. The molecule has 10 heavy (non-hydrogen) atoms. The van der Waals surface area contributed by atoms with Crippen molar-refractivity contribution in [2.45, 2.75) is 31.6 Å². The third-order valence-corrected chi connectivity index (χ3v) is 1.41. The highest BCUT2D eigenvalue weighted by Gasteiger charge is 2.21. The second kappa shape index (κ2) is 3.88. The highest BCUT2D eigenvalue weighted by molar-refractivity contribution is 4.74. The fraction of sp³-hybridized carbons (Fsp3) is 1.00. The van der Waals surface area contributed by atoms with Gasteiger partial charge in [0.25, 0.3) is 0 Å². The SMILES string of the molecule is CCC(O)CC(N)(O)CN. The van der Waals surface area contributed by atoms with Crippen LogP contribution < -0.4 is 11.5 Å². The first kappa shape index (κ1) is 9.84. The molecule has 0 radical (unpaired) electrons. The monoisotopic (exact) mass is 148 g/mol. The molecule has 0 saturated heterocycles. The van der Waals surface area contributed by atoms with E-state index >= 15 is 0 Å². The Hall–Kier alpha value is -0.160. The summed E-state index contributed by atoms with van der Waals surface area (Å²) in [6.45, 7) is 1.79. The fourth-order valence-electron chi connectivity index (χ4n) is 0.636. The number of aliphatic hydroxyl groups is 2. The molecule has 0 spiro atoms. The van der Waals surface area contributed by atoms with Gasteiger partial charge in [-0.15, -0.1) is 0 Å². The third kappa shape index (κ3) is 3.79. The van der Waals surface area contributed by atoms with E-state index in [1.165, 1.54) is 0 Å². The maximum atomic E-state index is 9.12. The first-order valence-electron chi connectivity index (χ1n) is 3.41. The van der Waals surface area contributed by atoms with Crippen molar-refractivity contribution in [1.82, 2.24) is 0 Å². The Morgan fingerprint density at radius 2 is 2.10 bits per heavy atom. The largest absolute Gasteiger partial charge is 0.393 e.